The number of methoxy groups -OCH3 is 1. The number of nitrogens with zero attached hydrogens (tertiary/aromatic N) is 3. The number of ether oxygens (including phenoxy) is 1. The molecular weight excluding hydrogens is 511 g/mol. The van der Waals surface area contributed by atoms with E-state index >= 15 is 0 Å². The number of fused-ring (bicyclic) bond motifs is 1. The summed E-state index contributed by atoms with van der Waals surface area (Å²) in [7, 11) is 1.26. The summed E-state index contributed by atoms with van der Waals surface area (Å²) >= 11 is 12.8. The minimum Gasteiger partial charge on any atom is -0.495 e. The second kappa shape index (κ2) is 9.81. The first-order valence-electron chi connectivity index (χ1n) is 11.0. The molecule has 11 heteroatoms. The van der Waals surface area contributed by atoms with Crippen LogP contribution in [0.2, 0.25) is 10.0 Å². The second-order valence-corrected chi connectivity index (χ2v) is 11.1. The Morgan fingerprint density at radius 3 is 2.69 bits per heavy atom. The Morgan fingerprint density at radius 1 is 1.26 bits per heavy atom. The van der Waals surface area contributed by atoms with Gasteiger partial charge in [0, 0.05) is 29.7 Å². The summed E-state index contributed by atoms with van der Waals surface area (Å²) in [5, 5.41) is 5.45. The van der Waals surface area contributed by atoms with Gasteiger partial charge < -0.3 is 9.64 Å². The van der Waals surface area contributed by atoms with Crippen LogP contribution in [0, 0.1) is 0 Å². The first-order valence-corrected chi connectivity index (χ1v) is 13.4. The number of sulfonamides is 1. The molecule has 0 saturated heterocycles. The van der Waals surface area contributed by atoms with E-state index in [-0.39, 0.29) is 22.7 Å². The number of hydrogen-bond acceptors (Lipinski definition) is 5. The Labute approximate surface area is 214 Å². The molecule has 1 amide bonds. The van der Waals surface area contributed by atoms with Crippen LogP contribution < -0.4 is 9.46 Å². The number of aryl methyl sites for hydroxylation is 1. The number of halogens is 2. The molecule has 8 nitrogen and oxygen atoms in total. The van der Waals surface area contributed by atoms with E-state index in [0.29, 0.717) is 34.9 Å². The molecule has 0 unspecified atom stereocenters. The smallest absolute Gasteiger partial charge is 0.256 e. The number of aromatic nitrogens is 2. The summed E-state index contributed by atoms with van der Waals surface area (Å²) < 4.78 is 33.5. The van der Waals surface area contributed by atoms with Gasteiger partial charge in [0.15, 0.2) is 0 Å². The van der Waals surface area contributed by atoms with Crippen molar-refractivity contribution in [2.45, 2.75) is 25.1 Å². The predicted molar refractivity (Wildman–Crippen MR) is 136 cm³/mol. The van der Waals surface area contributed by atoms with Gasteiger partial charge in [-0.15, -0.1) is 0 Å². The van der Waals surface area contributed by atoms with Crippen molar-refractivity contribution < 1.29 is 17.9 Å². The molecule has 1 aromatic heterocycles. The lowest BCUT2D eigenvalue weighted by Gasteiger charge is -2.33. The molecule has 2 heterocycles. The molecule has 186 valence electrons. The highest BCUT2D eigenvalue weighted by atomic mass is 35.5. The first kappa shape index (κ1) is 25.5. The minimum absolute atomic E-state index is 0.183. The van der Waals surface area contributed by atoms with Gasteiger partial charge in [0.25, 0.3) is 5.91 Å². The SMILES string of the molecule is CNS(=O)(=O)Cc1cc(Cl)cc(-c2c3c(nn2C)[C@H](C)N(C(=O)c2cccc(OC)c2Cl)CC3)c1. The fourth-order valence-electron chi connectivity index (χ4n) is 4.53. The number of nitrogens with one attached hydrogen (secondary N) is 1. The standard InChI is InChI=1S/C24H26Cl2N4O4S/c1-14-22-19(8-9-30(14)24(31)18-6-5-7-20(34-4)21(18)26)23(29(3)28-22)16-10-15(11-17(25)12-16)13-35(32,33)27-2/h5-7,10-12,14,27H,8-9,13H2,1-4H3/t14-/m0/s1. The van der Waals surface area contributed by atoms with E-state index in [1.54, 1.807) is 39.9 Å². The van der Waals surface area contributed by atoms with E-state index in [2.05, 4.69) is 4.72 Å². The van der Waals surface area contributed by atoms with Crippen LogP contribution in [0.5, 0.6) is 5.75 Å². The molecule has 35 heavy (non-hydrogen) atoms. The van der Waals surface area contributed by atoms with Crippen molar-refractivity contribution in [2.24, 2.45) is 7.05 Å². The van der Waals surface area contributed by atoms with Crippen molar-refractivity contribution in [1.29, 1.82) is 0 Å². The monoisotopic (exact) mass is 536 g/mol. The lowest BCUT2D eigenvalue weighted by molar-refractivity contribution is 0.0673. The third-order valence-corrected chi connectivity index (χ3v) is 8.16. The number of amides is 1. The van der Waals surface area contributed by atoms with Gasteiger partial charge >= 0.3 is 0 Å². The van der Waals surface area contributed by atoms with Crippen molar-refractivity contribution in [3.8, 4) is 17.0 Å². The normalized spacial score (nSPS) is 15.7. The molecule has 1 N–H and O–H groups in total. The maximum atomic E-state index is 13.4. The van der Waals surface area contributed by atoms with E-state index in [1.807, 2.05) is 20.0 Å². The average Bonchev–Trinajstić information content (AvgIpc) is 3.15. The van der Waals surface area contributed by atoms with Gasteiger partial charge in [-0.25, -0.2) is 13.1 Å². The van der Waals surface area contributed by atoms with Gasteiger partial charge in [-0.1, -0.05) is 29.3 Å². The van der Waals surface area contributed by atoms with Crippen LogP contribution in [-0.4, -0.2) is 49.7 Å². The van der Waals surface area contributed by atoms with Crippen LogP contribution in [0.15, 0.2) is 36.4 Å². The zero-order valence-corrected chi connectivity index (χ0v) is 22.1. The molecule has 1 aliphatic heterocycles. The van der Waals surface area contributed by atoms with E-state index < -0.39 is 10.0 Å². The van der Waals surface area contributed by atoms with Crippen LogP contribution in [0.25, 0.3) is 11.3 Å². The summed E-state index contributed by atoms with van der Waals surface area (Å²) in [6.45, 7) is 2.41. The van der Waals surface area contributed by atoms with Crippen LogP contribution in [0.1, 0.15) is 40.1 Å². The number of rotatable bonds is 6. The number of hydrogen-bond donors (Lipinski definition) is 1. The fourth-order valence-corrected chi connectivity index (χ4v) is 5.82. The average molecular weight is 537 g/mol. The van der Waals surface area contributed by atoms with Gasteiger partial charge in [0.05, 0.1) is 40.9 Å². The topological polar surface area (TPSA) is 93.5 Å². The summed E-state index contributed by atoms with van der Waals surface area (Å²) in [6.07, 6.45) is 0.576. The largest absolute Gasteiger partial charge is 0.495 e. The second-order valence-electron chi connectivity index (χ2n) is 8.39. The van der Waals surface area contributed by atoms with Gasteiger partial charge in [-0.05, 0) is 56.3 Å². The van der Waals surface area contributed by atoms with Gasteiger partial charge in [0.2, 0.25) is 10.0 Å². The molecule has 1 atom stereocenters. The zero-order valence-electron chi connectivity index (χ0n) is 19.8. The molecule has 3 aromatic rings. The Bertz CT molecular complexity index is 1400. The molecule has 0 radical (unpaired) electrons. The Balaban J connectivity index is 1.70. The van der Waals surface area contributed by atoms with Crippen molar-refractivity contribution in [3.63, 3.8) is 0 Å². The number of carbonyl (C=O) groups is 1. The number of carbonyl (C=O) groups excluding carboxylic acids is 1. The molecular formula is C24H26Cl2N4O4S. The lowest BCUT2D eigenvalue weighted by Crippen LogP contribution is -2.39. The Hall–Kier alpha value is -2.59. The molecule has 0 fully saturated rings. The highest BCUT2D eigenvalue weighted by Gasteiger charge is 2.34. The van der Waals surface area contributed by atoms with Crippen LogP contribution in [0.4, 0.5) is 0 Å². The third-order valence-electron chi connectivity index (χ3n) is 6.22. The summed E-state index contributed by atoms with van der Waals surface area (Å²) in [5.74, 6) is 0.0680. The maximum Gasteiger partial charge on any atom is 0.256 e. The van der Waals surface area contributed by atoms with Crippen LogP contribution in [-0.2, 0) is 29.2 Å². The van der Waals surface area contributed by atoms with Crippen molar-refractivity contribution in [3.05, 3.63) is 68.8 Å². The molecule has 0 saturated carbocycles. The Morgan fingerprint density at radius 2 is 2.00 bits per heavy atom. The van der Waals surface area contributed by atoms with E-state index in [1.165, 1.54) is 14.2 Å². The van der Waals surface area contributed by atoms with Crippen LogP contribution >= 0.6 is 23.2 Å². The van der Waals surface area contributed by atoms with Gasteiger partial charge in [-0.3, -0.25) is 9.48 Å². The molecule has 1 aliphatic rings. The number of benzene rings is 2. The Kier molecular flexibility index (Phi) is 7.15. The quantitative estimate of drug-likeness (QED) is 0.509. The molecule has 0 spiro atoms. The lowest BCUT2D eigenvalue weighted by atomic mass is 9.94. The first-order chi connectivity index (χ1) is 16.6. The van der Waals surface area contributed by atoms with Gasteiger partial charge in [-0.2, -0.15) is 5.10 Å². The van der Waals surface area contributed by atoms with E-state index in [4.69, 9.17) is 33.0 Å². The minimum atomic E-state index is -3.46. The highest BCUT2D eigenvalue weighted by Crippen LogP contribution is 2.38. The molecule has 0 bridgehead atoms. The molecule has 2 aromatic carbocycles. The molecule has 4 rings (SSSR count). The molecule has 0 aliphatic carbocycles. The maximum absolute atomic E-state index is 13.4. The highest BCUT2D eigenvalue weighted by molar-refractivity contribution is 7.88. The summed E-state index contributed by atoms with van der Waals surface area (Å²) in [6, 6.07) is 10.1. The summed E-state index contributed by atoms with van der Waals surface area (Å²) in [4.78, 5) is 15.1. The summed E-state index contributed by atoms with van der Waals surface area (Å²) in [5.41, 5.74) is 4.37. The van der Waals surface area contributed by atoms with Crippen LogP contribution in [0.3, 0.4) is 0 Å². The zero-order chi connectivity index (χ0) is 25.5. The third kappa shape index (κ3) is 4.91. The van der Waals surface area contributed by atoms with Crippen molar-refractivity contribution >= 4 is 39.1 Å². The fraction of sp³-hybridized carbons (Fsp3) is 0.333. The van der Waals surface area contributed by atoms with Crippen molar-refractivity contribution in [1.82, 2.24) is 19.4 Å². The van der Waals surface area contributed by atoms with E-state index in [0.717, 1.165) is 22.5 Å². The van der Waals surface area contributed by atoms with Gasteiger partial charge in [0.1, 0.15) is 5.75 Å². The van der Waals surface area contributed by atoms with Crippen molar-refractivity contribution in [2.75, 3.05) is 20.7 Å². The van der Waals surface area contributed by atoms with E-state index in [9.17, 15) is 13.2 Å². The predicted octanol–water partition coefficient (Wildman–Crippen LogP) is 4.21.